The van der Waals surface area contributed by atoms with Gasteiger partial charge in [-0.25, -0.2) is 4.39 Å². The summed E-state index contributed by atoms with van der Waals surface area (Å²) < 4.78 is 15.8. The van der Waals surface area contributed by atoms with Crippen LogP contribution in [-0.4, -0.2) is 21.3 Å². The van der Waals surface area contributed by atoms with Crippen molar-refractivity contribution in [3.8, 4) is 11.4 Å². The molecule has 0 saturated heterocycles. The maximum Gasteiger partial charge on any atom is 0.167 e. The lowest BCUT2D eigenvalue weighted by molar-refractivity contribution is 0.438. The van der Waals surface area contributed by atoms with E-state index < -0.39 is 0 Å². The standard InChI is InChI=1S/C12H12ClFN4/c1-7-11-16-17-12(18(11)5-4-15-7)9-6-8(13)2-3-10(9)14/h2-3,6-7,15H,4-5H2,1H3. The monoisotopic (exact) mass is 266 g/mol. The van der Waals surface area contributed by atoms with Gasteiger partial charge in [-0.05, 0) is 25.1 Å². The molecule has 1 aliphatic heterocycles. The third-order valence-corrected chi connectivity index (χ3v) is 3.36. The van der Waals surface area contributed by atoms with Gasteiger partial charge in [-0.2, -0.15) is 0 Å². The predicted molar refractivity (Wildman–Crippen MR) is 66.8 cm³/mol. The molecule has 1 N–H and O–H groups in total. The molecule has 0 amide bonds. The van der Waals surface area contributed by atoms with Crippen LogP contribution in [0.25, 0.3) is 11.4 Å². The van der Waals surface area contributed by atoms with E-state index in [0.717, 1.165) is 18.9 Å². The zero-order valence-corrected chi connectivity index (χ0v) is 10.6. The summed E-state index contributed by atoms with van der Waals surface area (Å²) in [7, 11) is 0. The fraction of sp³-hybridized carbons (Fsp3) is 0.333. The molecule has 0 spiro atoms. The van der Waals surface area contributed by atoms with E-state index >= 15 is 0 Å². The minimum absolute atomic E-state index is 0.127. The van der Waals surface area contributed by atoms with E-state index in [9.17, 15) is 4.39 Å². The van der Waals surface area contributed by atoms with Crippen LogP contribution in [0.4, 0.5) is 4.39 Å². The van der Waals surface area contributed by atoms with Crippen LogP contribution in [0.1, 0.15) is 18.8 Å². The first-order valence-corrected chi connectivity index (χ1v) is 6.16. The van der Waals surface area contributed by atoms with Crippen molar-refractivity contribution >= 4 is 11.6 Å². The molecule has 0 aliphatic carbocycles. The zero-order valence-electron chi connectivity index (χ0n) is 9.82. The van der Waals surface area contributed by atoms with Gasteiger partial charge in [0, 0.05) is 18.1 Å². The summed E-state index contributed by atoms with van der Waals surface area (Å²) in [6, 6.07) is 4.59. The third kappa shape index (κ3) is 1.79. The quantitative estimate of drug-likeness (QED) is 0.862. The first-order chi connectivity index (χ1) is 8.66. The molecule has 1 aliphatic rings. The molecule has 2 aromatic rings. The highest BCUT2D eigenvalue weighted by Gasteiger charge is 2.23. The van der Waals surface area contributed by atoms with Crippen molar-refractivity contribution < 1.29 is 4.39 Å². The topological polar surface area (TPSA) is 42.7 Å². The Bertz CT molecular complexity index is 596. The number of nitrogens with zero attached hydrogens (tertiary/aromatic N) is 3. The molecule has 0 bridgehead atoms. The van der Waals surface area contributed by atoms with Gasteiger partial charge in [0.25, 0.3) is 0 Å². The van der Waals surface area contributed by atoms with Crippen molar-refractivity contribution in [1.82, 2.24) is 20.1 Å². The molecule has 1 unspecified atom stereocenters. The first-order valence-electron chi connectivity index (χ1n) is 5.78. The van der Waals surface area contributed by atoms with Gasteiger partial charge < -0.3 is 9.88 Å². The minimum atomic E-state index is -0.333. The molecule has 1 aromatic heterocycles. The fourth-order valence-electron chi connectivity index (χ4n) is 2.21. The van der Waals surface area contributed by atoms with E-state index in [4.69, 9.17) is 11.6 Å². The SMILES string of the molecule is CC1NCCn2c(-c3cc(Cl)ccc3F)nnc21. The predicted octanol–water partition coefficient (Wildman–Crippen LogP) is 2.40. The molecule has 0 radical (unpaired) electrons. The summed E-state index contributed by atoms with van der Waals surface area (Å²) in [5.41, 5.74) is 0.398. The van der Waals surface area contributed by atoms with Crippen LogP contribution in [0.2, 0.25) is 5.02 Å². The van der Waals surface area contributed by atoms with Crippen LogP contribution in [0.15, 0.2) is 18.2 Å². The summed E-state index contributed by atoms with van der Waals surface area (Å²) in [4.78, 5) is 0. The van der Waals surface area contributed by atoms with E-state index in [-0.39, 0.29) is 11.9 Å². The van der Waals surface area contributed by atoms with E-state index in [2.05, 4.69) is 15.5 Å². The molecule has 0 saturated carbocycles. The summed E-state index contributed by atoms with van der Waals surface area (Å²) in [6.07, 6.45) is 0. The Morgan fingerprint density at radius 2 is 2.28 bits per heavy atom. The zero-order chi connectivity index (χ0) is 12.7. The van der Waals surface area contributed by atoms with Gasteiger partial charge in [-0.1, -0.05) is 11.6 Å². The van der Waals surface area contributed by atoms with Crippen molar-refractivity contribution in [1.29, 1.82) is 0 Å². The Morgan fingerprint density at radius 1 is 1.44 bits per heavy atom. The molecular formula is C12H12ClFN4. The van der Waals surface area contributed by atoms with E-state index in [1.54, 1.807) is 6.07 Å². The maximum absolute atomic E-state index is 13.8. The molecular weight excluding hydrogens is 255 g/mol. The number of aromatic nitrogens is 3. The van der Waals surface area contributed by atoms with Crippen LogP contribution in [0.3, 0.4) is 0 Å². The lowest BCUT2D eigenvalue weighted by atomic mass is 10.2. The number of rotatable bonds is 1. The molecule has 18 heavy (non-hydrogen) atoms. The molecule has 3 rings (SSSR count). The van der Waals surface area contributed by atoms with Crippen LogP contribution >= 0.6 is 11.6 Å². The molecule has 1 aromatic carbocycles. The second-order valence-corrected chi connectivity index (χ2v) is 4.77. The average Bonchev–Trinajstić information content (AvgIpc) is 2.77. The average molecular weight is 267 g/mol. The Balaban J connectivity index is 2.15. The Morgan fingerprint density at radius 3 is 3.11 bits per heavy atom. The second kappa shape index (κ2) is 4.33. The number of halogens is 2. The summed E-state index contributed by atoms with van der Waals surface area (Å²) in [6.45, 7) is 3.56. The van der Waals surface area contributed by atoms with Crippen LogP contribution in [-0.2, 0) is 6.54 Å². The van der Waals surface area contributed by atoms with Crippen molar-refractivity contribution in [2.24, 2.45) is 0 Å². The molecule has 6 heteroatoms. The van der Waals surface area contributed by atoms with E-state index in [0.29, 0.717) is 16.4 Å². The molecule has 4 nitrogen and oxygen atoms in total. The number of fused-ring (bicyclic) bond motifs is 1. The number of nitrogens with one attached hydrogen (secondary N) is 1. The largest absolute Gasteiger partial charge is 0.308 e. The Labute approximate surface area is 109 Å². The number of hydrogen-bond acceptors (Lipinski definition) is 3. The Hall–Kier alpha value is -1.46. The smallest absolute Gasteiger partial charge is 0.167 e. The summed E-state index contributed by atoms with van der Waals surface area (Å²) in [5.74, 6) is 1.04. The maximum atomic E-state index is 13.8. The lowest BCUT2D eigenvalue weighted by Gasteiger charge is -2.22. The normalized spacial score (nSPS) is 18.7. The van der Waals surface area contributed by atoms with Gasteiger partial charge >= 0.3 is 0 Å². The van der Waals surface area contributed by atoms with Gasteiger partial charge in [-0.15, -0.1) is 10.2 Å². The van der Waals surface area contributed by atoms with Gasteiger partial charge in [0.1, 0.15) is 11.6 Å². The number of hydrogen-bond donors (Lipinski definition) is 1. The Kier molecular flexibility index (Phi) is 2.80. The van der Waals surface area contributed by atoms with E-state index in [1.165, 1.54) is 12.1 Å². The molecule has 94 valence electrons. The van der Waals surface area contributed by atoms with Crippen LogP contribution in [0, 0.1) is 5.82 Å². The minimum Gasteiger partial charge on any atom is -0.308 e. The van der Waals surface area contributed by atoms with Crippen molar-refractivity contribution in [3.63, 3.8) is 0 Å². The summed E-state index contributed by atoms with van der Waals surface area (Å²) >= 11 is 5.91. The molecule has 1 atom stereocenters. The van der Waals surface area contributed by atoms with Crippen molar-refractivity contribution in [3.05, 3.63) is 34.9 Å². The fourth-order valence-corrected chi connectivity index (χ4v) is 2.38. The van der Waals surface area contributed by atoms with Gasteiger partial charge in [0.15, 0.2) is 5.82 Å². The second-order valence-electron chi connectivity index (χ2n) is 4.33. The highest BCUT2D eigenvalue weighted by Crippen LogP contribution is 2.27. The molecule has 2 heterocycles. The summed E-state index contributed by atoms with van der Waals surface area (Å²) in [5, 5.41) is 12.0. The third-order valence-electron chi connectivity index (χ3n) is 3.12. The highest BCUT2D eigenvalue weighted by atomic mass is 35.5. The van der Waals surface area contributed by atoms with Gasteiger partial charge in [0.05, 0.1) is 11.6 Å². The van der Waals surface area contributed by atoms with E-state index in [1.807, 2.05) is 11.5 Å². The van der Waals surface area contributed by atoms with Gasteiger partial charge in [-0.3, -0.25) is 0 Å². The number of benzene rings is 1. The van der Waals surface area contributed by atoms with Crippen molar-refractivity contribution in [2.75, 3.05) is 6.54 Å². The highest BCUT2D eigenvalue weighted by molar-refractivity contribution is 6.30. The van der Waals surface area contributed by atoms with Crippen LogP contribution in [0.5, 0.6) is 0 Å². The van der Waals surface area contributed by atoms with Crippen LogP contribution < -0.4 is 5.32 Å². The first kappa shape index (κ1) is 11.6. The van der Waals surface area contributed by atoms with Crippen molar-refractivity contribution in [2.45, 2.75) is 19.5 Å². The lowest BCUT2D eigenvalue weighted by Crippen LogP contribution is -2.32. The van der Waals surface area contributed by atoms with Gasteiger partial charge in [0.2, 0.25) is 0 Å². The molecule has 0 fully saturated rings.